The van der Waals surface area contributed by atoms with E-state index in [1.165, 1.54) is 6.07 Å². The molecule has 38 heavy (non-hydrogen) atoms. The number of rotatable bonds is 6. The first kappa shape index (κ1) is 28.6. The molecule has 1 nitrogen and oxygen atoms in total. The van der Waals surface area contributed by atoms with E-state index < -0.39 is 47.0 Å². The first-order valence-electron chi connectivity index (χ1n) is 12.9. The number of ether oxygens (including phenoxy) is 1. The molecule has 2 saturated carbocycles. The van der Waals surface area contributed by atoms with E-state index in [1.807, 2.05) is 0 Å². The number of aryl methyl sites for hydroxylation is 1. The highest BCUT2D eigenvalue weighted by atomic mass is 19.4. The smallest absolute Gasteiger partial charge is 0.313 e. The number of alkyl halides is 5. The van der Waals surface area contributed by atoms with Gasteiger partial charge < -0.3 is 4.74 Å². The molecule has 0 atom stereocenters. The van der Waals surface area contributed by atoms with Crippen LogP contribution in [0.4, 0.5) is 35.1 Å². The molecule has 0 heterocycles. The van der Waals surface area contributed by atoms with E-state index in [4.69, 9.17) is 4.74 Å². The zero-order valence-corrected chi connectivity index (χ0v) is 20.9. The highest BCUT2D eigenvalue weighted by molar-refractivity contribution is 5.31. The average molecular weight is 547 g/mol. The van der Waals surface area contributed by atoms with Crippen molar-refractivity contribution in [2.75, 3.05) is 0 Å². The van der Waals surface area contributed by atoms with Gasteiger partial charge in [-0.05, 0) is 111 Å². The summed E-state index contributed by atoms with van der Waals surface area (Å²) in [5.74, 6) is -3.94. The summed E-state index contributed by atoms with van der Waals surface area (Å²) in [5, 5.41) is 0. The lowest BCUT2D eigenvalue weighted by Crippen LogP contribution is -2.30. The number of hydrogen-bond donors (Lipinski definition) is 0. The van der Waals surface area contributed by atoms with E-state index in [-0.39, 0.29) is 23.3 Å². The van der Waals surface area contributed by atoms with Gasteiger partial charge in [0.05, 0.1) is 11.7 Å². The van der Waals surface area contributed by atoms with Crippen LogP contribution in [-0.2, 0) is 17.0 Å². The van der Waals surface area contributed by atoms with Crippen molar-refractivity contribution in [3.63, 3.8) is 0 Å². The van der Waals surface area contributed by atoms with E-state index in [0.29, 0.717) is 44.1 Å². The van der Waals surface area contributed by atoms with Gasteiger partial charge in [-0.25, -0.2) is 13.2 Å². The first-order chi connectivity index (χ1) is 17.8. The van der Waals surface area contributed by atoms with Crippen LogP contribution < -0.4 is 0 Å². The molecule has 0 unspecified atom stereocenters. The average Bonchev–Trinajstić information content (AvgIpc) is 2.82. The first-order valence-corrected chi connectivity index (χ1v) is 12.9. The second-order valence-corrected chi connectivity index (χ2v) is 10.5. The van der Waals surface area contributed by atoms with Gasteiger partial charge in [0.1, 0.15) is 23.0 Å². The number of hydrogen-bond acceptors (Lipinski definition) is 1. The summed E-state index contributed by atoms with van der Waals surface area (Å²) in [5.41, 5.74) is -1.83. The summed E-state index contributed by atoms with van der Waals surface area (Å²) < 4.78 is 114. The fourth-order valence-corrected chi connectivity index (χ4v) is 5.59. The van der Waals surface area contributed by atoms with Crippen molar-refractivity contribution in [3.05, 3.63) is 82.2 Å². The van der Waals surface area contributed by atoms with Crippen LogP contribution in [-0.4, -0.2) is 6.10 Å². The van der Waals surface area contributed by atoms with Gasteiger partial charge in [-0.3, -0.25) is 0 Å². The Labute approximate surface area is 216 Å². The molecule has 2 aliphatic carbocycles. The summed E-state index contributed by atoms with van der Waals surface area (Å²) in [6.45, 7) is 1.62. The highest BCUT2D eigenvalue weighted by Crippen LogP contribution is 2.41. The standard InChI is InChI=1S/C29H30F8O/c1-17-2-13-23(24(30)14-17)29(36,37)38-22-11-7-19(8-12-22)4-3-18-5-9-20(10-6-18)21-15-25(31)27(26(32)16-21)28(33,34)35/h2-4,13-16,18-20,22H,5-12H2,1H3/b4-3+. The quantitative estimate of drug-likeness (QED) is 0.259. The third-order valence-corrected chi connectivity index (χ3v) is 7.72. The molecule has 2 aromatic carbocycles. The Morgan fingerprint density at radius 2 is 1.24 bits per heavy atom. The maximum Gasteiger partial charge on any atom is 0.422 e. The molecule has 0 N–H and O–H groups in total. The van der Waals surface area contributed by atoms with Crippen LogP contribution in [0.25, 0.3) is 0 Å². The van der Waals surface area contributed by atoms with Gasteiger partial charge in [0.25, 0.3) is 0 Å². The van der Waals surface area contributed by atoms with E-state index in [0.717, 1.165) is 37.1 Å². The topological polar surface area (TPSA) is 9.23 Å². The molecule has 2 aromatic rings. The molecule has 0 aliphatic heterocycles. The Morgan fingerprint density at radius 3 is 1.74 bits per heavy atom. The SMILES string of the molecule is Cc1ccc(C(F)(F)OC2CCC(/C=C/C3CCC(c4cc(F)c(C(F)(F)F)c(F)c4)CC3)CC2)c(F)c1. The summed E-state index contributed by atoms with van der Waals surface area (Å²) >= 11 is 0. The zero-order valence-electron chi connectivity index (χ0n) is 20.9. The predicted molar refractivity (Wildman–Crippen MR) is 127 cm³/mol. The van der Waals surface area contributed by atoms with Gasteiger partial charge in [0, 0.05) is 0 Å². The Hall–Kier alpha value is -2.42. The van der Waals surface area contributed by atoms with Crippen LogP contribution in [0.3, 0.4) is 0 Å². The molecule has 0 aromatic heterocycles. The van der Waals surface area contributed by atoms with E-state index in [2.05, 4.69) is 12.2 Å². The van der Waals surface area contributed by atoms with Crippen LogP contribution >= 0.6 is 0 Å². The minimum Gasteiger partial charge on any atom is -0.313 e. The normalized spacial score (nSPS) is 25.2. The van der Waals surface area contributed by atoms with Gasteiger partial charge in [0.2, 0.25) is 0 Å². The van der Waals surface area contributed by atoms with Crippen LogP contribution in [0.1, 0.15) is 79.5 Å². The Morgan fingerprint density at radius 1 is 0.711 bits per heavy atom. The van der Waals surface area contributed by atoms with Crippen LogP contribution in [0, 0.1) is 36.2 Å². The Bertz CT molecular complexity index is 1120. The molecule has 4 rings (SSSR count). The van der Waals surface area contributed by atoms with Crippen LogP contribution in [0.5, 0.6) is 0 Å². The summed E-state index contributed by atoms with van der Waals surface area (Å²) in [6.07, 6.45) is -0.446. The van der Waals surface area contributed by atoms with E-state index >= 15 is 0 Å². The van der Waals surface area contributed by atoms with Crippen LogP contribution in [0.15, 0.2) is 42.5 Å². The lowest BCUT2D eigenvalue weighted by molar-refractivity contribution is -0.279. The molecule has 0 amide bonds. The molecular weight excluding hydrogens is 516 g/mol. The molecule has 2 fully saturated rings. The van der Waals surface area contributed by atoms with Crippen molar-refractivity contribution in [1.29, 1.82) is 0 Å². The minimum atomic E-state index is -5.08. The lowest BCUT2D eigenvalue weighted by Gasteiger charge is -2.31. The number of benzene rings is 2. The van der Waals surface area contributed by atoms with Gasteiger partial charge in [-0.15, -0.1) is 0 Å². The van der Waals surface area contributed by atoms with Crippen molar-refractivity contribution in [2.24, 2.45) is 11.8 Å². The van der Waals surface area contributed by atoms with E-state index in [9.17, 15) is 35.1 Å². The van der Waals surface area contributed by atoms with E-state index in [1.54, 1.807) is 6.92 Å². The zero-order chi connectivity index (χ0) is 27.7. The van der Waals surface area contributed by atoms with Gasteiger partial charge in [0.15, 0.2) is 0 Å². The molecule has 9 heteroatoms. The summed E-state index contributed by atoms with van der Waals surface area (Å²) in [4.78, 5) is 0. The minimum absolute atomic E-state index is 0.204. The van der Waals surface area contributed by atoms with Crippen molar-refractivity contribution in [2.45, 2.75) is 82.6 Å². The second-order valence-electron chi connectivity index (χ2n) is 10.5. The monoisotopic (exact) mass is 546 g/mol. The van der Waals surface area contributed by atoms with Gasteiger partial charge in [-0.1, -0.05) is 18.2 Å². The molecular formula is C29H30F8O. The van der Waals surface area contributed by atoms with Gasteiger partial charge in [-0.2, -0.15) is 22.0 Å². The van der Waals surface area contributed by atoms with Crippen molar-refractivity contribution in [3.8, 4) is 0 Å². The third kappa shape index (κ3) is 6.77. The van der Waals surface area contributed by atoms with Crippen molar-refractivity contribution >= 4 is 0 Å². The largest absolute Gasteiger partial charge is 0.422 e. The lowest BCUT2D eigenvalue weighted by atomic mass is 9.77. The fourth-order valence-electron chi connectivity index (χ4n) is 5.59. The fraction of sp³-hybridized carbons (Fsp3) is 0.517. The Balaban J connectivity index is 1.25. The van der Waals surface area contributed by atoms with Crippen molar-refractivity contribution in [1.82, 2.24) is 0 Å². The molecule has 0 radical (unpaired) electrons. The number of allylic oxidation sites excluding steroid dienone is 2. The molecule has 0 saturated heterocycles. The van der Waals surface area contributed by atoms with Crippen LogP contribution in [0.2, 0.25) is 0 Å². The summed E-state index contributed by atoms with van der Waals surface area (Å²) in [6, 6.07) is 5.12. The molecule has 2 aliphatic rings. The molecule has 0 bridgehead atoms. The van der Waals surface area contributed by atoms with Gasteiger partial charge >= 0.3 is 12.3 Å². The highest BCUT2D eigenvalue weighted by Gasteiger charge is 2.40. The summed E-state index contributed by atoms with van der Waals surface area (Å²) in [7, 11) is 0. The number of halogens is 8. The maximum atomic E-state index is 14.5. The Kier molecular flexibility index (Phi) is 8.55. The predicted octanol–water partition coefficient (Wildman–Crippen LogP) is 9.59. The third-order valence-electron chi connectivity index (χ3n) is 7.72. The maximum absolute atomic E-state index is 14.5. The molecule has 208 valence electrons. The second kappa shape index (κ2) is 11.4. The molecule has 0 spiro atoms. The van der Waals surface area contributed by atoms with Crippen molar-refractivity contribution < 1.29 is 39.9 Å².